The molecule has 0 radical (unpaired) electrons. The Kier molecular flexibility index (Phi) is 10.2. The van der Waals surface area contributed by atoms with E-state index in [-0.39, 0.29) is 31.0 Å². The molecule has 10 nitrogen and oxygen atoms in total. The van der Waals surface area contributed by atoms with Crippen LogP contribution in [0.3, 0.4) is 0 Å². The number of aryl methyl sites for hydroxylation is 1. The maximum Gasteiger partial charge on any atom is 0.343 e. The summed E-state index contributed by atoms with van der Waals surface area (Å²) in [5, 5.41) is 0. The average Bonchev–Trinajstić information content (AvgIpc) is 2.98. The molecule has 2 fully saturated rings. The van der Waals surface area contributed by atoms with Crippen molar-refractivity contribution in [3.63, 3.8) is 0 Å². The third-order valence-corrected chi connectivity index (χ3v) is 7.06. The van der Waals surface area contributed by atoms with Crippen molar-refractivity contribution in [3.8, 4) is 23.0 Å². The number of ether oxygens (including phenoxy) is 7. The van der Waals surface area contributed by atoms with Gasteiger partial charge in [-0.25, -0.2) is 4.79 Å². The second-order valence-corrected chi connectivity index (χ2v) is 11.7. The Balaban J connectivity index is 0.998. The van der Waals surface area contributed by atoms with Crippen molar-refractivity contribution in [1.82, 2.24) is 0 Å². The lowest BCUT2D eigenvalue weighted by Crippen LogP contribution is -2.43. The molecule has 3 aromatic rings. The van der Waals surface area contributed by atoms with Gasteiger partial charge in [0.2, 0.25) is 0 Å². The predicted molar refractivity (Wildman–Crippen MR) is 155 cm³/mol. The molecule has 43 heavy (non-hydrogen) atoms. The second kappa shape index (κ2) is 14.2. The molecule has 0 aromatic heterocycles. The molecular formula is C33H38O10. The molecule has 2 aliphatic heterocycles. The Morgan fingerprint density at radius 1 is 0.744 bits per heavy atom. The average molecular weight is 595 g/mol. The Morgan fingerprint density at radius 2 is 1.28 bits per heavy atom. The monoisotopic (exact) mass is 594 g/mol. The normalized spacial score (nSPS) is 16.4. The van der Waals surface area contributed by atoms with Gasteiger partial charge in [0.1, 0.15) is 23.9 Å². The Hall–Kier alpha value is -3.67. The first-order valence-electron chi connectivity index (χ1n) is 14.2. The van der Waals surface area contributed by atoms with Gasteiger partial charge in [-0.3, -0.25) is 0 Å². The van der Waals surface area contributed by atoms with Crippen LogP contribution in [0.4, 0.5) is 0 Å². The largest absolute Gasteiger partial charge is 0.468 e. The van der Waals surface area contributed by atoms with Crippen LogP contribution in [-0.2, 0) is 30.4 Å². The summed E-state index contributed by atoms with van der Waals surface area (Å²) in [6.45, 7) is 10.6. The summed E-state index contributed by atoms with van der Waals surface area (Å²) in [6.07, 6.45) is 0. The molecule has 5 rings (SSSR count). The molecule has 10 heteroatoms. The van der Waals surface area contributed by atoms with E-state index in [9.17, 15) is 4.79 Å². The summed E-state index contributed by atoms with van der Waals surface area (Å²) in [6, 6.07) is 19.3. The van der Waals surface area contributed by atoms with Crippen LogP contribution in [0.2, 0.25) is 0 Å². The Bertz CT molecular complexity index is 1330. The van der Waals surface area contributed by atoms with E-state index in [2.05, 4.69) is 13.8 Å². The number of hydrogen-bond acceptors (Lipinski definition) is 10. The van der Waals surface area contributed by atoms with Crippen molar-refractivity contribution in [2.75, 3.05) is 53.2 Å². The van der Waals surface area contributed by atoms with Gasteiger partial charge in [-0.15, -0.1) is 0 Å². The first kappa shape index (κ1) is 30.8. The highest BCUT2D eigenvalue weighted by atomic mass is 17.2. The van der Waals surface area contributed by atoms with Gasteiger partial charge in [0.25, 0.3) is 0 Å². The lowest BCUT2D eigenvalue weighted by Gasteiger charge is -2.37. The van der Waals surface area contributed by atoms with Crippen molar-refractivity contribution in [1.29, 1.82) is 0 Å². The van der Waals surface area contributed by atoms with E-state index in [1.165, 1.54) is 0 Å². The summed E-state index contributed by atoms with van der Waals surface area (Å²) >= 11 is 0. The van der Waals surface area contributed by atoms with Gasteiger partial charge in [0, 0.05) is 10.8 Å². The molecular weight excluding hydrogens is 556 g/mol. The van der Waals surface area contributed by atoms with Crippen LogP contribution < -0.4 is 19.1 Å². The smallest absolute Gasteiger partial charge is 0.343 e. The fourth-order valence-electron chi connectivity index (χ4n) is 4.34. The minimum atomic E-state index is -0.477. The standard InChI is InChI=1S/C33H38O10/c1-24-14-29(43-41-15-25-4-8-27(9-5-25)39-22-37-20-32(2)16-35-17-32)12-13-30(24)42-31(34)26-6-10-28(11-7-26)40-23-38-21-33(3)18-36-19-33/h4-14H,15-23H2,1-3H3. The van der Waals surface area contributed by atoms with E-state index >= 15 is 0 Å². The van der Waals surface area contributed by atoms with E-state index in [1.807, 2.05) is 31.2 Å². The van der Waals surface area contributed by atoms with Crippen molar-refractivity contribution < 1.29 is 47.7 Å². The number of esters is 1. The first-order chi connectivity index (χ1) is 20.8. The highest BCUT2D eigenvalue weighted by molar-refractivity contribution is 5.91. The van der Waals surface area contributed by atoms with E-state index in [4.69, 9.17) is 42.9 Å². The summed E-state index contributed by atoms with van der Waals surface area (Å²) < 4.78 is 38.4. The molecule has 0 bridgehead atoms. The molecule has 3 aromatic carbocycles. The van der Waals surface area contributed by atoms with Crippen LogP contribution in [0.15, 0.2) is 66.7 Å². The summed E-state index contributed by atoms with van der Waals surface area (Å²) in [4.78, 5) is 23.5. The third-order valence-electron chi connectivity index (χ3n) is 7.06. The van der Waals surface area contributed by atoms with Crippen LogP contribution in [0.1, 0.15) is 35.3 Å². The summed E-state index contributed by atoms with van der Waals surface area (Å²) in [5.74, 6) is 1.74. The molecule has 0 atom stereocenters. The highest BCUT2D eigenvalue weighted by Crippen LogP contribution is 2.28. The molecule has 0 spiro atoms. The quantitative estimate of drug-likeness (QED) is 0.0528. The van der Waals surface area contributed by atoms with Crippen molar-refractivity contribution in [3.05, 3.63) is 83.4 Å². The van der Waals surface area contributed by atoms with Gasteiger partial charge >= 0.3 is 5.97 Å². The van der Waals surface area contributed by atoms with Crippen molar-refractivity contribution >= 4 is 5.97 Å². The molecule has 0 amide bonds. The highest BCUT2D eigenvalue weighted by Gasteiger charge is 2.34. The topological polar surface area (TPSA) is 100 Å². The third kappa shape index (κ3) is 8.92. The number of hydrogen-bond donors (Lipinski definition) is 0. The molecule has 0 N–H and O–H groups in total. The number of carbonyl (C=O) groups is 1. The molecule has 0 aliphatic carbocycles. The Morgan fingerprint density at radius 3 is 1.79 bits per heavy atom. The van der Waals surface area contributed by atoms with Gasteiger partial charge in [-0.1, -0.05) is 26.0 Å². The van der Waals surface area contributed by atoms with Crippen LogP contribution in [0, 0.1) is 17.8 Å². The number of rotatable bonds is 16. The number of carbonyl (C=O) groups excluding carboxylic acids is 1. The predicted octanol–water partition coefficient (Wildman–Crippen LogP) is 5.50. The molecule has 0 saturated carbocycles. The first-order valence-corrected chi connectivity index (χ1v) is 14.2. The summed E-state index contributed by atoms with van der Waals surface area (Å²) in [5.41, 5.74) is 2.20. The fraction of sp³-hybridized carbons (Fsp3) is 0.424. The van der Waals surface area contributed by atoms with Gasteiger partial charge in [-0.2, -0.15) is 4.89 Å². The molecule has 2 heterocycles. The van der Waals surface area contributed by atoms with Gasteiger partial charge in [0.15, 0.2) is 19.3 Å². The van der Waals surface area contributed by atoms with Crippen LogP contribution in [0.5, 0.6) is 23.0 Å². The number of benzene rings is 3. The molecule has 2 saturated heterocycles. The van der Waals surface area contributed by atoms with Crippen molar-refractivity contribution in [2.45, 2.75) is 27.4 Å². The minimum absolute atomic E-state index is 0.0658. The fourth-order valence-corrected chi connectivity index (χ4v) is 4.34. The zero-order valence-corrected chi connectivity index (χ0v) is 24.8. The lowest BCUT2D eigenvalue weighted by molar-refractivity contribution is -0.217. The molecule has 230 valence electrons. The summed E-state index contributed by atoms with van der Waals surface area (Å²) in [7, 11) is 0. The van der Waals surface area contributed by atoms with E-state index < -0.39 is 5.97 Å². The van der Waals surface area contributed by atoms with Crippen LogP contribution in [-0.4, -0.2) is 59.2 Å². The minimum Gasteiger partial charge on any atom is -0.468 e. The van der Waals surface area contributed by atoms with Gasteiger partial charge < -0.3 is 38.0 Å². The van der Waals surface area contributed by atoms with Crippen LogP contribution in [0.25, 0.3) is 0 Å². The lowest BCUT2D eigenvalue weighted by atomic mass is 9.90. The molecule has 2 aliphatic rings. The van der Waals surface area contributed by atoms with Crippen LogP contribution >= 0.6 is 0 Å². The van der Waals surface area contributed by atoms with E-state index in [0.29, 0.717) is 55.0 Å². The zero-order chi connectivity index (χ0) is 30.1. The van der Waals surface area contributed by atoms with Gasteiger partial charge in [-0.05, 0) is 72.6 Å². The second-order valence-electron chi connectivity index (χ2n) is 11.7. The van der Waals surface area contributed by atoms with Gasteiger partial charge in [0.05, 0.1) is 45.2 Å². The van der Waals surface area contributed by atoms with Crippen molar-refractivity contribution in [2.24, 2.45) is 10.8 Å². The van der Waals surface area contributed by atoms with E-state index in [1.54, 1.807) is 42.5 Å². The molecule has 0 unspecified atom stereocenters. The SMILES string of the molecule is Cc1cc(OOCc2ccc(OCOCC3(C)COC3)cc2)ccc1OC(=O)c1ccc(OCOCC2(C)COC2)cc1. The maximum atomic E-state index is 12.7. The zero-order valence-electron chi connectivity index (χ0n) is 24.8. The maximum absolute atomic E-state index is 12.7. The van der Waals surface area contributed by atoms with E-state index in [0.717, 1.165) is 24.3 Å². The Labute approximate surface area is 251 Å².